The summed E-state index contributed by atoms with van der Waals surface area (Å²) in [5, 5.41) is 0.725. The first kappa shape index (κ1) is 25.3. The van der Waals surface area contributed by atoms with Gasteiger partial charge in [-0.1, -0.05) is 15.9 Å². The molecular weight excluding hydrogens is 536 g/mol. The summed E-state index contributed by atoms with van der Waals surface area (Å²) in [6.07, 6.45) is 0.910. The third-order valence-corrected chi connectivity index (χ3v) is 6.68. The van der Waals surface area contributed by atoms with E-state index in [1.54, 1.807) is 7.11 Å². The van der Waals surface area contributed by atoms with Gasteiger partial charge in [0.1, 0.15) is 17.3 Å². The Kier molecular flexibility index (Phi) is 8.03. The molecule has 8 nitrogen and oxygen atoms in total. The lowest BCUT2D eigenvalue weighted by molar-refractivity contribution is 0.0357. The summed E-state index contributed by atoms with van der Waals surface area (Å²) < 4.78 is 24.0. The van der Waals surface area contributed by atoms with Crippen molar-refractivity contribution in [3.05, 3.63) is 65.1 Å². The highest BCUT2D eigenvalue weighted by atomic mass is 79.9. The van der Waals surface area contributed by atoms with Crippen LogP contribution in [0.1, 0.15) is 6.42 Å². The van der Waals surface area contributed by atoms with Crippen LogP contribution in [0.25, 0.3) is 22.3 Å². The molecule has 0 aliphatic carbocycles. The highest BCUT2D eigenvalue weighted by Gasteiger charge is 2.14. The molecule has 0 radical (unpaired) electrons. The van der Waals surface area contributed by atoms with Crippen molar-refractivity contribution < 1.29 is 18.9 Å². The van der Waals surface area contributed by atoms with E-state index >= 15 is 0 Å². The van der Waals surface area contributed by atoms with E-state index in [-0.39, 0.29) is 0 Å². The fourth-order valence-electron chi connectivity index (χ4n) is 4.17. The van der Waals surface area contributed by atoms with E-state index in [2.05, 4.69) is 25.8 Å². The number of benzene rings is 3. The quantitative estimate of drug-likeness (QED) is 0.265. The molecule has 192 valence electrons. The maximum atomic E-state index is 6.36. The van der Waals surface area contributed by atoms with Crippen molar-refractivity contribution in [1.29, 1.82) is 0 Å². The van der Waals surface area contributed by atoms with Gasteiger partial charge in [-0.05, 0) is 61.0 Å². The second-order valence-electron chi connectivity index (χ2n) is 8.69. The third-order valence-electron chi connectivity index (χ3n) is 6.15. The standard InChI is InChI=1S/C28H29BrN4O4/c1-34-25-18-24-23(17-26(25)36-14-2-11-33-12-15-35-16-13-33)27(30)32-28(31-24)19-3-7-21(8-4-19)37-22-9-5-20(29)6-10-22/h3-10,17-18H,2,11-16H2,1H3,(H2,30,31,32). The predicted molar refractivity (Wildman–Crippen MR) is 148 cm³/mol. The van der Waals surface area contributed by atoms with E-state index in [4.69, 9.17) is 29.7 Å². The third kappa shape index (κ3) is 6.30. The Balaban J connectivity index is 1.29. The van der Waals surface area contributed by atoms with Gasteiger partial charge < -0.3 is 24.7 Å². The summed E-state index contributed by atoms with van der Waals surface area (Å²) in [5.41, 5.74) is 7.88. The number of nitrogens with zero attached hydrogens (tertiary/aromatic N) is 3. The maximum Gasteiger partial charge on any atom is 0.162 e. The zero-order chi connectivity index (χ0) is 25.6. The molecule has 2 N–H and O–H groups in total. The zero-order valence-electron chi connectivity index (χ0n) is 20.7. The Hall–Kier alpha value is -3.40. The number of ether oxygens (including phenoxy) is 4. The van der Waals surface area contributed by atoms with Gasteiger partial charge in [-0.2, -0.15) is 0 Å². The number of morpholine rings is 1. The van der Waals surface area contributed by atoms with Gasteiger partial charge in [0.15, 0.2) is 17.3 Å². The van der Waals surface area contributed by atoms with Crippen LogP contribution in [-0.4, -0.2) is 61.4 Å². The second kappa shape index (κ2) is 11.8. The summed E-state index contributed by atoms with van der Waals surface area (Å²) in [5.74, 6) is 3.64. The minimum Gasteiger partial charge on any atom is -0.493 e. The van der Waals surface area contributed by atoms with Crippen LogP contribution in [0, 0.1) is 0 Å². The molecule has 5 rings (SSSR count). The van der Waals surface area contributed by atoms with E-state index in [1.165, 1.54) is 0 Å². The number of aromatic nitrogens is 2. The summed E-state index contributed by atoms with van der Waals surface area (Å²) in [6.45, 7) is 5.08. The second-order valence-corrected chi connectivity index (χ2v) is 9.60. The molecule has 1 aromatic heterocycles. The van der Waals surface area contributed by atoms with Crippen molar-refractivity contribution in [1.82, 2.24) is 14.9 Å². The topological polar surface area (TPSA) is 92.0 Å². The van der Waals surface area contributed by atoms with E-state index in [0.717, 1.165) is 66.2 Å². The number of hydrogen-bond donors (Lipinski definition) is 1. The van der Waals surface area contributed by atoms with Gasteiger partial charge in [0, 0.05) is 41.1 Å². The Morgan fingerprint density at radius 2 is 1.65 bits per heavy atom. The molecule has 1 aliphatic rings. The van der Waals surface area contributed by atoms with E-state index in [0.29, 0.717) is 35.3 Å². The Bertz CT molecular complexity index is 1340. The van der Waals surface area contributed by atoms with Gasteiger partial charge in [-0.3, -0.25) is 4.90 Å². The number of nitrogens with two attached hydrogens (primary N) is 1. The number of methoxy groups -OCH3 is 1. The number of halogens is 1. The fraction of sp³-hybridized carbons (Fsp3) is 0.286. The van der Waals surface area contributed by atoms with E-state index in [1.807, 2.05) is 60.7 Å². The number of anilines is 1. The lowest BCUT2D eigenvalue weighted by Gasteiger charge is -2.26. The molecule has 37 heavy (non-hydrogen) atoms. The average molecular weight is 565 g/mol. The van der Waals surface area contributed by atoms with Crippen LogP contribution in [0.5, 0.6) is 23.0 Å². The number of nitrogen functional groups attached to an aromatic ring is 1. The van der Waals surface area contributed by atoms with Crippen LogP contribution in [0.2, 0.25) is 0 Å². The van der Waals surface area contributed by atoms with Crippen LogP contribution < -0.4 is 19.9 Å². The summed E-state index contributed by atoms with van der Waals surface area (Å²) >= 11 is 3.43. The van der Waals surface area contributed by atoms with Crippen LogP contribution in [0.3, 0.4) is 0 Å². The van der Waals surface area contributed by atoms with Crippen molar-refractivity contribution in [2.24, 2.45) is 0 Å². The molecule has 0 saturated carbocycles. The molecule has 1 fully saturated rings. The maximum absolute atomic E-state index is 6.36. The number of hydrogen-bond acceptors (Lipinski definition) is 8. The summed E-state index contributed by atoms with van der Waals surface area (Å²) in [7, 11) is 1.62. The normalized spacial score (nSPS) is 14.0. The number of rotatable bonds is 9. The molecule has 0 unspecified atom stereocenters. The first-order valence-electron chi connectivity index (χ1n) is 12.2. The predicted octanol–water partition coefficient (Wildman–Crippen LogP) is 5.54. The summed E-state index contributed by atoms with van der Waals surface area (Å²) in [4.78, 5) is 11.7. The van der Waals surface area contributed by atoms with Gasteiger partial charge in [0.2, 0.25) is 0 Å². The molecule has 0 atom stereocenters. The molecule has 1 saturated heterocycles. The fourth-order valence-corrected chi connectivity index (χ4v) is 4.43. The monoisotopic (exact) mass is 564 g/mol. The number of fused-ring (bicyclic) bond motifs is 1. The van der Waals surface area contributed by atoms with Crippen molar-refractivity contribution in [3.8, 4) is 34.4 Å². The molecular formula is C28H29BrN4O4. The molecule has 0 spiro atoms. The Labute approximate surface area is 224 Å². The highest BCUT2D eigenvalue weighted by molar-refractivity contribution is 9.10. The van der Waals surface area contributed by atoms with Crippen molar-refractivity contribution in [3.63, 3.8) is 0 Å². The SMILES string of the molecule is COc1cc2nc(-c3ccc(Oc4ccc(Br)cc4)cc3)nc(N)c2cc1OCCCN1CCOCC1. The van der Waals surface area contributed by atoms with E-state index in [9.17, 15) is 0 Å². The lowest BCUT2D eigenvalue weighted by atomic mass is 10.1. The first-order valence-corrected chi connectivity index (χ1v) is 13.0. The highest BCUT2D eigenvalue weighted by Crippen LogP contribution is 2.35. The first-order chi connectivity index (χ1) is 18.1. The van der Waals surface area contributed by atoms with Gasteiger partial charge >= 0.3 is 0 Å². The molecule has 1 aliphatic heterocycles. The minimum absolute atomic E-state index is 0.385. The lowest BCUT2D eigenvalue weighted by Crippen LogP contribution is -2.37. The molecule has 2 heterocycles. The van der Waals surface area contributed by atoms with Crippen LogP contribution in [0.4, 0.5) is 5.82 Å². The van der Waals surface area contributed by atoms with Crippen molar-refractivity contribution in [2.75, 3.05) is 52.3 Å². The summed E-state index contributed by atoms with van der Waals surface area (Å²) in [6, 6.07) is 19.0. The zero-order valence-corrected chi connectivity index (χ0v) is 22.2. The molecule has 4 aromatic rings. The van der Waals surface area contributed by atoms with Crippen molar-refractivity contribution in [2.45, 2.75) is 6.42 Å². The molecule has 0 amide bonds. The molecule has 0 bridgehead atoms. The minimum atomic E-state index is 0.385. The Morgan fingerprint density at radius 1 is 0.946 bits per heavy atom. The molecule has 9 heteroatoms. The average Bonchev–Trinajstić information content (AvgIpc) is 2.93. The smallest absolute Gasteiger partial charge is 0.162 e. The van der Waals surface area contributed by atoms with E-state index < -0.39 is 0 Å². The van der Waals surface area contributed by atoms with Crippen LogP contribution in [-0.2, 0) is 4.74 Å². The van der Waals surface area contributed by atoms with Crippen molar-refractivity contribution >= 4 is 32.7 Å². The largest absolute Gasteiger partial charge is 0.493 e. The van der Waals surface area contributed by atoms with Crippen LogP contribution >= 0.6 is 15.9 Å². The Morgan fingerprint density at radius 3 is 2.35 bits per heavy atom. The van der Waals surface area contributed by atoms with Gasteiger partial charge in [-0.25, -0.2) is 9.97 Å². The van der Waals surface area contributed by atoms with Crippen LogP contribution in [0.15, 0.2) is 65.1 Å². The molecule has 3 aromatic carbocycles. The van der Waals surface area contributed by atoms with Gasteiger partial charge in [0.05, 0.1) is 32.4 Å². The van der Waals surface area contributed by atoms with Gasteiger partial charge in [0.25, 0.3) is 0 Å². The van der Waals surface area contributed by atoms with Gasteiger partial charge in [-0.15, -0.1) is 0 Å².